The number of aromatic nitrogens is 3. The largest absolute Gasteiger partial charge is 0.456 e. The molecule has 0 amide bonds. The van der Waals surface area contributed by atoms with Crippen LogP contribution >= 0.6 is 7.29 Å². The molecule has 0 aliphatic carbocycles. The lowest BCUT2D eigenvalue weighted by molar-refractivity contribution is 0.585. The highest BCUT2D eigenvalue weighted by Crippen LogP contribution is 2.60. The summed E-state index contributed by atoms with van der Waals surface area (Å²) in [6.45, 7) is 0. The number of hydrogen-bond acceptors (Lipinski definition) is 5. The Bertz CT molecular complexity index is 2480. The Morgan fingerprint density at radius 1 is 0.522 bits per heavy atom. The monoisotopic (exact) mass is 612 g/mol. The highest BCUT2D eigenvalue weighted by atomic mass is 31.2. The molecule has 2 aromatic heterocycles. The van der Waals surface area contributed by atoms with E-state index in [2.05, 4.69) is 12.1 Å². The number of fused-ring (bicyclic) bond motifs is 6. The van der Waals surface area contributed by atoms with Gasteiger partial charge in [-0.05, 0) is 48.0 Å². The summed E-state index contributed by atoms with van der Waals surface area (Å²) in [7, 11) is -3.74. The number of anilines is 2. The number of rotatable bonds is 4. The fraction of sp³-hybridized carbons (Fsp3) is 0. The average molecular weight is 613 g/mol. The molecule has 9 rings (SSSR count). The SMILES string of the molecule is O=P1(c2nc(-c3ccccc3)nc(-c3ccc4c(c3)oc3ccccc34)n2)c2ccccc2-c2ccccc2N1c1ccccc1. The fourth-order valence-corrected chi connectivity index (χ4v) is 9.21. The molecule has 6 nitrogen and oxygen atoms in total. The van der Waals surface area contributed by atoms with Crippen LogP contribution in [0.15, 0.2) is 156 Å². The van der Waals surface area contributed by atoms with Crippen molar-refractivity contribution in [2.24, 2.45) is 0 Å². The predicted octanol–water partition coefficient (Wildman–Crippen LogP) is 9.15. The number of furan rings is 1. The second kappa shape index (κ2) is 10.4. The van der Waals surface area contributed by atoms with E-state index in [0.29, 0.717) is 17.0 Å². The first-order valence-corrected chi connectivity index (χ1v) is 16.7. The van der Waals surface area contributed by atoms with Crippen molar-refractivity contribution in [1.29, 1.82) is 0 Å². The summed E-state index contributed by atoms with van der Waals surface area (Å²) in [4.78, 5) is 15.0. The van der Waals surface area contributed by atoms with E-state index in [-0.39, 0.29) is 5.57 Å². The van der Waals surface area contributed by atoms with E-state index in [1.54, 1.807) is 0 Å². The van der Waals surface area contributed by atoms with Gasteiger partial charge in [-0.1, -0.05) is 109 Å². The molecule has 0 saturated carbocycles. The quantitative estimate of drug-likeness (QED) is 0.185. The smallest absolute Gasteiger partial charge is 0.270 e. The lowest BCUT2D eigenvalue weighted by Gasteiger charge is -2.39. The van der Waals surface area contributed by atoms with Gasteiger partial charge in [-0.25, -0.2) is 15.0 Å². The Morgan fingerprint density at radius 2 is 1.15 bits per heavy atom. The van der Waals surface area contributed by atoms with Crippen LogP contribution in [0.2, 0.25) is 0 Å². The predicted molar refractivity (Wildman–Crippen MR) is 185 cm³/mol. The zero-order valence-electron chi connectivity index (χ0n) is 24.5. The van der Waals surface area contributed by atoms with Gasteiger partial charge in [0.1, 0.15) is 11.2 Å². The summed E-state index contributed by atoms with van der Waals surface area (Å²) < 4.78 is 24.4. The molecule has 8 aromatic rings. The molecule has 46 heavy (non-hydrogen) atoms. The van der Waals surface area contributed by atoms with E-state index in [9.17, 15) is 0 Å². The van der Waals surface area contributed by atoms with Crippen LogP contribution in [0.25, 0.3) is 55.8 Å². The summed E-state index contributed by atoms with van der Waals surface area (Å²) in [6.07, 6.45) is 0. The van der Waals surface area contributed by atoms with E-state index < -0.39 is 7.29 Å². The molecule has 0 bridgehead atoms. The minimum absolute atomic E-state index is 0.215. The van der Waals surface area contributed by atoms with E-state index in [0.717, 1.165) is 55.6 Å². The number of nitrogens with zero attached hydrogens (tertiary/aromatic N) is 4. The molecule has 0 N–H and O–H groups in total. The molecular weight excluding hydrogens is 587 g/mol. The van der Waals surface area contributed by atoms with Crippen molar-refractivity contribution < 1.29 is 8.98 Å². The highest BCUT2D eigenvalue weighted by molar-refractivity contribution is 7.80. The van der Waals surface area contributed by atoms with Crippen molar-refractivity contribution in [2.45, 2.75) is 0 Å². The van der Waals surface area contributed by atoms with Crippen molar-refractivity contribution in [2.75, 3.05) is 4.67 Å². The lowest BCUT2D eigenvalue weighted by Crippen LogP contribution is -2.36. The molecule has 0 radical (unpaired) electrons. The first-order chi connectivity index (χ1) is 22.7. The Morgan fingerprint density at radius 3 is 1.98 bits per heavy atom. The Balaban J connectivity index is 1.34. The summed E-state index contributed by atoms with van der Waals surface area (Å²) >= 11 is 0. The average Bonchev–Trinajstić information content (AvgIpc) is 3.50. The van der Waals surface area contributed by atoms with Crippen molar-refractivity contribution in [3.63, 3.8) is 0 Å². The molecular formula is C39H25N4O2P. The van der Waals surface area contributed by atoms with E-state index in [4.69, 9.17) is 19.4 Å². The van der Waals surface area contributed by atoms with Gasteiger partial charge in [0, 0.05) is 38.5 Å². The zero-order chi connectivity index (χ0) is 30.7. The van der Waals surface area contributed by atoms with E-state index >= 15 is 4.57 Å². The maximum Gasteiger partial charge on any atom is 0.270 e. The lowest BCUT2D eigenvalue weighted by atomic mass is 10.0. The molecule has 0 fully saturated rings. The van der Waals surface area contributed by atoms with Gasteiger partial charge < -0.3 is 4.42 Å². The number of para-hydroxylation sites is 3. The standard InChI is InChI=1S/C39H25N4O2P/c44-46(36-22-12-9-19-32(36)29-17-7-10-20-33(29)43(46)28-15-5-2-6-16-28)39-41-37(26-13-3-1-4-14-26)40-38(42-39)27-23-24-31-30-18-8-11-21-34(30)45-35(31)25-27/h1-25H. The number of hydrogen-bond donors (Lipinski definition) is 0. The van der Waals surface area contributed by atoms with Crippen LogP contribution in [0.4, 0.5) is 11.4 Å². The molecule has 7 heteroatoms. The maximum atomic E-state index is 16.2. The molecule has 3 heterocycles. The van der Waals surface area contributed by atoms with Gasteiger partial charge in [-0.3, -0.25) is 9.24 Å². The molecule has 6 aromatic carbocycles. The summed E-state index contributed by atoms with van der Waals surface area (Å²) in [5, 5.41) is 2.74. The van der Waals surface area contributed by atoms with Crippen LogP contribution in [-0.2, 0) is 4.57 Å². The molecule has 1 aliphatic rings. The molecule has 0 saturated heterocycles. The Labute approximate surface area is 265 Å². The van der Waals surface area contributed by atoms with Crippen molar-refractivity contribution >= 4 is 51.5 Å². The third-order valence-electron chi connectivity index (χ3n) is 8.50. The van der Waals surface area contributed by atoms with Gasteiger partial charge in [-0.2, -0.15) is 0 Å². The molecule has 1 aliphatic heterocycles. The van der Waals surface area contributed by atoms with Crippen LogP contribution < -0.4 is 15.5 Å². The van der Waals surface area contributed by atoms with Crippen LogP contribution in [0.1, 0.15) is 0 Å². The maximum absolute atomic E-state index is 16.2. The Kier molecular flexibility index (Phi) is 5.99. The first kappa shape index (κ1) is 26.6. The third kappa shape index (κ3) is 4.04. The normalized spacial score (nSPS) is 15.5. The van der Waals surface area contributed by atoms with Crippen LogP contribution in [0.3, 0.4) is 0 Å². The zero-order valence-corrected chi connectivity index (χ0v) is 25.4. The summed E-state index contributed by atoms with van der Waals surface area (Å²) in [6, 6.07) is 49.5. The fourth-order valence-electron chi connectivity index (χ4n) is 6.39. The molecule has 1 unspecified atom stereocenters. The van der Waals surface area contributed by atoms with Crippen LogP contribution in [0, 0.1) is 0 Å². The molecule has 1 atom stereocenters. The first-order valence-electron chi connectivity index (χ1n) is 15.1. The van der Waals surface area contributed by atoms with Crippen LogP contribution in [0.5, 0.6) is 0 Å². The molecule has 0 spiro atoms. The minimum atomic E-state index is -3.74. The second-order valence-electron chi connectivity index (χ2n) is 11.2. The van der Waals surface area contributed by atoms with E-state index in [1.807, 2.05) is 144 Å². The molecule has 218 valence electrons. The highest BCUT2D eigenvalue weighted by Gasteiger charge is 2.45. The third-order valence-corrected chi connectivity index (χ3v) is 11.3. The Hall–Kier alpha value is -5.84. The summed E-state index contributed by atoms with van der Waals surface area (Å²) in [5.41, 5.74) is 6.85. The van der Waals surface area contributed by atoms with Gasteiger partial charge in [-0.15, -0.1) is 0 Å². The minimum Gasteiger partial charge on any atom is -0.456 e. The second-order valence-corrected chi connectivity index (χ2v) is 13.6. The topological polar surface area (TPSA) is 72.1 Å². The summed E-state index contributed by atoms with van der Waals surface area (Å²) in [5.74, 6) is 0.871. The van der Waals surface area contributed by atoms with Gasteiger partial charge in [0.2, 0.25) is 5.57 Å². The van der Waals surface area contributed by atoms with Crippen molar-refractivity contribution in [1.82, 2.24) is 15.0 Å². The van der Waals surface area contributed by atoms with Gasteiger partial charge >= 0.3 is 0 Å². The van der Waals surface area contributed by atoms with Gasteiger partial charge in [0.25, 0.3) is 7.29 Å². The van der Waals surface area contributed by atoms with Gasteiger partial charge in [0.15, 0.2) is 11.6 Å². The van der Waals surface area contributed by atoms with E-state index in [1.165, 1.54) is 0 Å². The van der Waals surface area contributed by atoms with Crippen molar-refractivity contribution in [3.8, 4) is 33.9 Å². The van der Waals surface area contributed by atoms with Crippen molar-refractivity contribution in [3.05, 3.63) is 152 Å². The van der Waals surface area contributed by atoms with Gasteiger partial charge in [0.05, 0.1) is 5.69 Å². The van der Waals surface area contributed by atoms with Crippen LogP contribution in [-0.4, -0.2) is 15.0 Å². The number of benzene rings is 6.